The minimum Gasteiger partial charge on any atom is -0.493 e. The van der Waals surface area contributed by atoms with E-state index < -0.39 is 0 Å². The summed E-state index contributed by atoms with van der Waals surface area (Å²) in [5, 5.41) is 5.65. The maximum Gasteiger partial charge on any atom is 0.252 e. The number of aromatic nitrogens is 2. The number of carbonyl (C=O) groups excluding carboxylic acids is 1. The van der Waals surface area contributed by atoms with Crippen LogP contribution in [0.1, 0.15) is 16.8 Å². The van der Waals surface area contributed by atoms with Crippen LogP contribution in [-0.2, 0) is 11.3 Å². The van der Waals surface area contributed by atoms with E-state index in [2.05, 4.69) is 10.3 Å². The Morgan fingerprint density at radius 1 is 0.740 bits per heavy atom. The highest BCUT2D eigenvalue weighted by Gasteiger charge is 2.22. The number of rotatable bonds is 12. The number of aromatic amines is 1. The van der Waals surface area contributed by atoms with Crippen molar-refractivity contribution in [3.63, 3.8) is 0 Å². The number of nitrogens with zero attached hydrogens (tertiary/aromatic N) is 1. The Kier molecular flexibility index (Phi) is 10.0. The molecule has 0 spiro atoms. The molecule has 2 aromatic heterocycles. The first-order valence-corrected chi connectivity index (χ1v) is 16.0. The molecule has 0 bridgehead atoms. The van der Waals surface area contributed by atoms with E-state index in [1.54, 1.807) is 51.7 Å². The van der Waals surface area contributed by atoms with Crippen LogP contribution in [0.3, 0.4) is 0 Å². The molecule has 4 aromatic carbocycles. The summed E-state index contributed by atoms with van der Waals surface area (Å²) in [4.78, 5) is 22.7. The highest BCUT2D eigenvalue weighted by atomic mass is 35.5. The predicted octanol–water partition coefficient (Wildman–Crippen LogP) is 7.95. The lowest BCUT2D eigenvalue weighted by Crippen LogP contribution is -2.24. The monoisotopic (exact) mass is 693 g/mol. The van der Waals surface area contributed by atoms with Gasteiger partial charge in [-0.05, 0) is 65.7 Å². The van der Waals surface area contributed by atoms with Gasteiger partial charge in [-0.1, -0.05) is 41.9 Å². The smallest absolute Gasteiger partial charge is 0.252 e. The van der Waals surface area contributed by atoms with E-state index in [-0.39, 0.29) is 12.5 Å². The van der Waals surface area contributed by atoms with E-state index in [0.717, 1.165) is 32.9 Å². The van der Waals surface area contributed by atoms with Crippen LogP contribution in [0.5, 0.6) is 34.5 Å². The maximum absolute atomic E-state index is 14.2. The van der Waals surface area contributed by atoms with Gasteiger partial charge in [-0.25, -0.2) is 4.98 Å². The molecular formula is C39H36ClN3O7. The summed E-state index contributed by atoms with van der Waals surface area (Å²) in [5.41, 5.74) is 5.51. The van der Waals surface area contributed by atoms with E-state index >= 15 is 0 Å². The lowest BCUT2D eigenvalue weighted by atomic mass is 10.0. The molecule has 2 heterocycles. The minimum absolute atomic E-state index is 0.119. The average Bonchev–Trinajstić information content (AvgIpc) is 3.53. The molecule has 2 N–H and O–H groups in total. The number of benzene rings is 4. The summed E-state index contributed by atoms with van der Waals surface area (Å²) in [7, 11) is 9.29. The molecule has 0 atom stereocenters. The number of hydrogen-bond acceptors (Lipinski definition) is 8. The number of amides is 1. The quantitative estimate of drug-likeness (QED) is 0.0981. The van der Waals surface area contributed by atoms with Gasteiger partial charge in [-0.15, -0.1) is 0 Å². The largest absolute Gasteiger partial charge is 0.493 e. The third kappa shape index (κ3) is 6.57. The number of fused-ring (bicyclic) bond motifs is 3. The Bertz CT molecular complexity index is 2180. The van der Waals surface area contributed by atoms with Crippen molar-refractivity contribution in [2.75, 3.05) is 42.7 Å². The standard InChI is InChI=1S/C39H36ClN3O7/c1-45-31-16-23(17-32(46-2)37(31)49-5)28(15-22-11-13-25(40)14-12-22)39(44)41-21-26-20-29-27-9-7-8-10-30(27)43-36(29)35(42-26)24-18-33(47-3)38(50-6)34(19-24)48-4/h7-20,43H,21H2,1-6H3,(H,41,44)/b28-15+. The molecule has 256 valence electrons. The van der Waals surface area contributed by atoms with E-state index in [1.807, 2.05) is 54.6 Å². The number of carbonyl (C=O) groups is 1. The van der Waals surface area contributed by atoms with Crippen LogP contribution in [0.2, 0.25) is 5.02 Å². The first kappa shape index (κ1) is 34.0. The molecule has 0 aliphatic heterocycles. The Balaban J connectivity index is 1.44. The minimum atomic E-state index is -0.343. The Morgan fingerprint density at radius 2 is 1.32 bits per heavy atom. The van der Waals surface area contributed by atoms with E-state index in [9.17, 15) is 4.79 Å². The van der Waals surface area contributed by atoms with Gasteiger partial charge in [0.05, 0.1) is 66.1 Å². The second kappa shape index (κ2) is 14.7. The van der Waals surface area contributed by atoms with Crippen LogP contribution >= 0.6 is 11.6 Å². The summed E-state index contributed by atoms with van der Waals surface area (Å²) < 4.78 is 33.6. The van der Waals surface area contributed by atoms with Crippen LogP contribution in [0.4, 0.5) is 0 Å². The summed E-state index contributed by atoms with van der Waals surface area (Å²) >= 11 is 6.16. The van der Waals surface area contributed by atoms with Gasteiger partial charge in [0.2, 0.25) is 11.5 Å². The Labute approximate surface area is 294 Å². The van der Waals surface area contributed by atoms with Crippen molar-refractivity contribution >= 4 is 51.0 Å². The van der Waals surface area contributed by atoms with Gasteiger partial charge in [0, 0.05) is 32.4 Å². The molecule has 11 heteroatoms. The number of nitrogens with one attached hydrogen (secondary N) is 2. The fraction of sp³-hybridized carbons (Fsp3) is 0.179. The van der Waals surface area contributed by atoms with Gasteiger partial charge in [0.25, 0.3) is 5.91 Å². The summed E-state index contributed by atoms with van der Waals surface area (Å²) in [5.74, 6) is 2.37. The van der Waals surface area contributed by atoms with Gasteiger partial charge < -0.3 is 38.7 Å². The summed E-state index contributed by atoms with van der Waals surface area (Å²) in [6.45, 7) is 0.119. The van der Waals surface area contributed by atoms with Crippen molar-refractivity contribution < 1.29 is 33.2 Å². The van der Waals surface area contributed by atoms with Gasteiger partial charge >= 0.3 is 0 Å². The van der Waals surface area contributed by atoms with Crippen LogP contribution in [0.15, 0.2) is 78.9 Å². The van der Waals surface area contributed by atoms with E-state index in [1.165, 1.54) is 21.3 Å². The lowest BCUT2D eigenvalue weighted by Gasteiger charge is -2.16. The fourth-order valence-electron chi connectivity index (χ4n) is 5.92. The zero-order valence-corrected chi connectivity index (χ0v) is 29.2. The molecule has 10 nitrogen and oxygen atoms in total. The van der Waals surface area contributed by atoms with Crippen LogP contribution < -0.4 is 33.7 Å². The molecule has 1 amide bonds. The highest BCUT2D eigenvalue weighted by molar-refractivity contribution is 6.30. The van der Waals surface area contributed by atoms with Crippen molar-refractivity contribution in [1.82, 2.24) is 15.3 Å². The molecule has 6 aromatic rings. The zero-order valence-electron chi connectivity index (χ0n) is 28.5. The van der Waals surface area contributed by atoms with E-state index in [0.29, 0.717) is 62.0 Å². The third-order valence-electron chi connectivity index (χ3n) is 8.32. The molecule has 0 saturated carbocycles. The zero-order chi connectivity index (χ0) is 35.4. The fourth-order valence-corrected chi connectivity index (χ4v) is 6.05. The second-order valence-corrected chi connectivity index (χ2v) is 11.6. The first-order valence-electron chi connectivity index (χ1n) is 15.6. The number of pyridine rings is 1. The third-order valence-corrected chi connectivity index (χ3v) is 8.57. The number of hydrogen-bond donors (Lipinski definition) is 2. The van der Waals surface area contributed by atoms with Crippen molar-refractivity contribution in [3.05, 3.63) is 101 Å². The molecule has 0 aliphatic carbocycles. The second-order valence-electron chi connectivity index (χ2n) is 11.2. The molecule has 6 rings (SSSR count). The average molecular weight is 694 g/mol. The topological polar surface area (TPSA) is 113 Å². The number of methoxy groups -OCH3 is 6. The van der Waals surface area contributed by atoms with Gasteiger partial charge in [-0.2, -0.15) is 0 Å². The SMILES string of the molecule is COc1cc(/C(=C\c2ccc(Cl)cc2)C(=O)NCc2cc3c([nH]c4ccccc43)c(-c3cc(OC)c(OC)c(OC)c3)n2)cc(OC)c1OC. The number of para-hydroxylation sites is 1. The van der Waals surface area contributed by atoms with Crippen LogP contribution in [0.25, 0.3) is 44.7 Å². The van der Waals surface area contributed by atoms with E-state index in [4.69, 9.17) is 45.0 Å². The molecule has 0 unspecified atom stereocenters. The maximum atomic E-state index is 14.2. The number of halogens is 1. The van der Waals surface area contributed by atoms with Crippen molar-refractivity contribution in [2.45, 2.75) is 6.54 Å². The molecular weight excluding hydrogens is 658 g/mol. The summed E-state index contributed by atoms with van der Waals surface area (Å²) in [6.07, 6.45) is 1.78. The normalized spacial score (nSPS) is 11.4. The molecule has 0 radical (unpaired) electrons. The molecule has 50 heavy (non-hydrogen) atoms. The van der Waals surface area contributed by atoms with Crippen molar-refractivity contribution in [3.8, 4) is 45.8 Å². The van der Waals surface area contributed by atoms with Crippen LogP contribution in [0, 0.1) is 0 Å². The number of ether oxygens (including phenoxy) is 6. The Hall–Kier alpha value is -5.87. The van der Waals surface area contributed by atoms with Gasteiger partial charge in [0.1, 0.15) is 0 Å². The van der Waals surface area contributed by atoms with Crippen molar-refractivity contribution in [1.29, 1.82) is 0 Å². The lowest BCUT2D eigenvalue weighted by molar-refractivity contribution is -0.115. The Morgan fingerprint density at radius 3 is 1.90 bits per heavy atom. The van der Waals surface area contributed by atoms with Crippen molar-refractivity contribution in [2.24, 2.45) is 0 Å². The first-order chi connectivity index (χ1) is 24.3. The van der Waals surface area contributed by atoms with Crippen LogP contribution in [-0.4, -0.2) is 58.5 Å². The molecule has 0 aliphatic rings. The highest BCUT2D eigenvalue weighted by Crippen LogP contribution is 2.43. The molecule has 0 saturated heterocycles. The van der Waals surface area contributed by atoms with Gasteiger partial charge in [-0.3, -0.25) is 4.79 Å². The molecule has 0 fully saturated rings. The number of H-pyrrole nitrogens is 1. The van der Waals surface area contributed by atoms with Gasteiger partial charge in [0.15, 0.2) is 23.0 Å². The summed E-state index contributed by atoms with van der Waals surface area (Å²) in [6, 6.07) is 24.4. The predicted molar refractivity (Wildman–Crippen MR) is 196 cm³/mol.